The standard InChI is InChI=1S/C23H34N2O2/c1-4-17(2)25-21(26)20-15-11-10-12-18(20)16-23(25,3)22(27)24-19-13-8-6-5-7-9-14-19/h10-12,15,17,19H,4-9,13-14,16H2,1-3H3,(H,24,27)/t17-,23-/m1/s1. The number of hydrogen-bond donors (Lipinski definition) is 1. The van der Waals surface area contributed by atoms with Crippen molar-refractivity contribution in [3.05, 3.63) is 35.4 Å². The average Bonchev–Trinajstić information content (AvgIpc) is 2.63. The predicted octanol–water partition coefficient (Wildman–Crippen LogP) is 4.47. The molecule has 148 valence electrons. The molecule has 2 atom stereocenters. The van der Waals surface area contributed by atoms with Crippen molar-refractivity contribution in [2.24, 2.45) is 0 Å². The van der Waals surface area contributed by atoms with Crippen LogP contribution in [0.15, 0.2) is 24.3 Å². The van der Waals surface area contributed by atoms with Crippen molar-refractivity contribution in [2.45, 2.75) is 96.2 Å². The maximum absolute atomic E-state index is 13.5. The summed E-state index contributed by atoms with van der Waals surface area (Å²) in [6.07, 6.45) is 9.70. The van der Waals surface area contributed by atoms with Gasteiger partial charge in [0.25, 0.3) is 5.91 Å². The van der Waals surface area contributed by atoms with E-state index in [2.05, 4.69) is 12.2 Å². The Labute approximate surface area is 163 Å². The summed E-state index contributed by atoms with van der Waals surface area (Å²) in [5, 5.41) is 3.32. The van der Waals surface area contributed by atoms with Crippen LogP contribution >= 0.6 is 0 Å². The van der Waals surface area contributed by atoms with Gasteiger partial charge in [-0.15, -0.1) is 0 Å². The topological polar surface area (TPSA) is 49.4 Å². The molecule has 1 saturated carbocycles. The van der Waals surface area contributed by atoms with Crippen LogP contribution in [0.1, 0.15) is 88.1 Å². The highest BCUT2D eigenvalue weighted by atomic mass is 16.2. The zero-order chi connectivity index (χ0) is 19.4. The minimum atomic E-state index is -0.830. The maximum Gasteiger partial charge on any atom is 0.255 e. The lowest BCUT2D eigenvalue weighted by atomic mass is 9.81. The Morgan fingerprint density at radius 1 is 1.19 bits per heavy atom. The van der Waals surface area contributed by atoms with E-state index in [0.29, 0.717) is 6.42 Å². The number of carbonyl (C=O) groups is 2. The van der Waals surface area contributed by atoms with Crippen LogP contribution in [0.3, 0.4) is 0 Å². The van der Waals surface area contributed by atoms with E-state index in [9.17, 15) is 9.59 Å². The molecule has 0 aromatic heterocycles. The molecule has 4 nitrogen and oxygen atoms in total. The first-order chi connectivity index (χ1) is 13.0. The first kappa shape index (κ1) is 19.9. The van der Waals surface area contributed by atoms with Crippen molar-refractivity contribution in [3.8, 4) is 0 Å². The Kier molecular flexibility index (Phi) is 6.23. The Hall–Kier alpha value is -1.84. The van der Waals surface area contributed by atoms with Gasteiger partial charge < -0.3 is 10.2 Å². The van der Waals surface area contributed by atoms with Crippen LogP contribution in [0.4, 0.5) is 0 Å². The molecule has 2 amide bonds. The first-order valence-corrected chi connectivity index (χ1v) is 10.7. The molecule has 0 unspecified atom stereocenters. The second-order valence-corrected chi connectivity index (χ2v) is 8.56. The molecule has 1 aliphatic carbocycles. The number of benzene rings is 1. The molecule has 1 aromatic rings. The van der Waals surface area contributed by atoms with Crippen LogP contribution in [-0.2, 0) is 11.2 Å². The Morgan fingerprint density at radius 2 is 1.81 bits per heavy atom. The van der Waals surface area contributed by atoms with Crippen LogP contribution in [0.5, 0.6) is 0 Å². The zero-order valence-corrected chi connectivity index (χ0v) is 17.1. The molecule has 1 aromatic carbocycles. The van der Waals surface area contributed by atoms with E-state index in [1.165, 1.54) is 32.1 Å². The van der Waals surface area contributed by atoms with Crippen molar-refractivity contribution in [2.75, 3.05) is 0 Å². The molecular weight excluding hydrogens is 336 g/mol. The summed E-state index contributed by atoms with van der Waals surface area (Å²) in [6.45, 7) is 6.07. The third kappa shape index (κ3) is 4.04. The summed E-state index contributed by atoms with van der Waals surface area (Å²) in [7, 11) is 0. The van der Waals surface area contributed by atoms with E-state index < -0.39 is 5.54 Å². The number of nitrogens with zero attached hydrogens (tertiary/aromatic N) is 1. The fourth-order valence-electron chi connectivity index (χ4n) is 4.69. The second-order valence-electron chi connectivity index (χ2n) is 8.56. The van der Waals surface area contributed by atoms with Gasteiger partial charge in [0.15, 0.2) is 0 Å². The third-order valence-corrected chi connectivity index (χ3v) is 6.49. The molecule has 1 heterocycles. The fourth-order valence-corrected chi connectivity index (χ4v) is 4.69. The minimum Gasteiger partial charge on any atom is -0.351 e. The van der Waals surface area contributed by atoms with Crippen LogP contribution in [-0.4, -0.2) is 34.3 Å². The highest BCUT2D eigenvalue weighted by Gasteiger charge is 2.48. The number of hydrogen-bond acceptors (Lipinski definition) is 2. The van der Waals surface area contributed by atoms with E-state index in [1.54, 1.807) is 0 Å². The van der Waals surface area contributed by atoms with Gasteiger partial charge in [-0.2, -0.15) is 0 Å². The van der Waals surface area contributed by atoms with Crippen molar-refractivity contribution >= 4 is 11.8 Å². The molecule has 0 spiro atoms. The van der Waals surface area contributed by atoms with Gasteiger partial charge in [0.2, 0.25) is 5.91 Å². The van der Waals surface area contributed by atoms with Gasteiger partial charge in [0.1, 0.15) is 5.54 Å². The molecule has 1 fully saturated rings. The summed E-state index contributed by atoms with van der Waals surface area (Å²) in [6, 6.07) is 8.00. The number of rotatable bonds is 4. The third-order valence-electron chi connectivity index (χ3n) is 6.49. The molecule has 0 radical (unpaired) electrons. The number of carbonyl (C=O) groups excluding carboxylic acids is 2. The maximum atomic E-state index is 13.5. The van der Waals surface area contributed by atoms with Crippen LogP contribution in [0, 0.1) is 0 Å². The fraction of sp³-hybridized carbons (Fsp3) is 0.652. The summed E-state index contributed by atoms with van der Waals surface area (Å²) in [5.41, 5.74) is 0.898. The van der Waals surface area contributed by atoms with Gasteiger partial charge in [-0.3, -0.25) is 9.59 Å². The van der Waals surface area contributed by atoms with Gasteiger partial charge in [0.05, 0.1) is 0 Å². The van der Waals surface area contributed by atoms with E-state index in [4.69, 9.17) is 0 Å². The van der Waals surface area contributed by atoms with Gasteiger partial charge in [0, 0.05) is 24.1 Å². The SMILES string of the molecule is CC[C@@H](C)N1C(=O)c2ccccc2C[C@]1(C)C(=O)NC1CCCCCCC1. The van der Waals surface area contributed by atoms with E-state index >= 15 is 0 Å². The van der Waals surface area contributed by atoms with Gasteiger partial charge in [-0.25, -0.2) is 0 Å². The van der Waals surface area contributed by atoms with Gasteiger partial charge in [-0.1, -0.05) is 57.2 Å². The smallest absolute Gasteiger partial charge is 0.255 e. The number of fused-ring (bicyclic) bond motifs is 1. The number of nitrogens with one attached hydrogen (secondary N) is 1. The van der Waals surface area contributed by atoms with Crippen molar-refractivity contribution in [1.82, 2.24) is 10.2 Å². The normalized spacial score (nSPS) is 25.3. The highest BCUT2D eigenvalue weighted by Crippen LogP contribution is 2.34. The average molecular weight is 371 g/mol. The molecule has 0 saturated heterocycles. The summed E-state index contributed by atoms with van der Waals surface area (Å²) in [5.74, 6) is -0.00209. The molecule has 1 N–H and O–H groups in total. The van der Waals surface area contributed by atoms with Crippen LogP contribution in [0.2, 0.25) is 0 Å². The lowest BCUT2D eigenvalue weighted by molar-refractivity contribution is -0.133. The zero-order valence-electron chi connectivity index (χ0n) is 17.1. The van der Waals surface area contributed by atoms with Crippen LogP contribution < -0.4 is 5.32 Å². The second kappa shape index (κ2) is 8.45. The Balaban J connectivity index is 1.87. The van der Waals surface area contributed by atoms with E-state index in [-0.39, 0.29) is 23.9 Å². The summed E-state index contributed by atoms with van der Waals surface area (Å²) in [4.78, 5) is 28.6. The molecule has 2 aliphatic rings. The molecular formula is C23H34N2O2. The quantitative estimate of drug-likeness (QED) is 0.850. The van der Waals surface area contributed by atoms with Crippen molar-refractivity contribution in [1.29, 1.82) is 0 Å². The molecule has 27 heavy (non-hydrogen) atoms. The first-order valence-electron chi connectivity index (χ1n) is 10.7. The Morgan fingerprint density at radius 3 is 2.48 bits per heavy atom. The largest absolute Gasteiger partial charge is 0.351 e. The lowest BCUT2D eigenvalue weighted by Crippen LogP contribution is -2.65. The predicted molar refractivity (Wildman–Crippen MR) is 109 cm³/mol. The van der Waals surface area contributed by atoms with E-state index in [0.717, 1.165) is 30.4 Å². The molecule has 4 heteroatoms. The molecule has 3 rings (SSSR count). The van der Waals surface area contributed by atoms with Gasteiger partial charge >= 0.3 is 0 Å². The monoisotopic (exact) mass is 370 g/mol. The Bertz CT molecular complexity index is 679. The molecule has 1 aliphatic heterocycles. The van der Waals surface area contributed by atoms with Crippen molar-refractivity contribution < 1.29 is 9.59 Å². The summed E-state index contributed by atoms with van der Waals surface area (Å²) < 4.78 is 0. The number of amides is 2. The van der Waals surface area contributed by atoms with Crippen molar-refractivity contribution in [3.63, 3.8) is 0 Å². The van der Waals surface area contributed by atoms with E-state index in [1.807, 2.05) is 43.0 Å². The lowest BCUT2D eigenvalue weighted by Gasteiger charge is -2.47. The summed E-state index contributed by atoms with van der Waals surface area (Å²) >= 11 is 0. The minimum absolute atomic E-state index is 0.0104. The van der Waals surface area contributed by atoms with Crippen LogP contribution in [0.25, 0.3) is 0 Å². The van der Waals surface area contributed by atoms with Gasteiger partial charge in [-0.05, 0) is 44.7 Å². The highest BCUT2D eigenvalue weighted by molar-refractivity contribution is 6.02. The molecule has 0 bridgehead atoms.